The molecule has 0 aliphatic rings. The first kappa shape index (κ1) is 19.8. The van der Waals surface area contributed by atoms with Crippen LogP contribution in [0.1, 0.15) is 33.3 Å². The second-order valence-corrected chi connectivity index (χ2v) is 6.96. The molecule has 2 aromatic rings. The summed E-state index contributed by atoms with van der Waals surface area (Å²) in [5.74, 6) is -0.0789. The molecule has 0 unspecified atom stereocenters. The number of aromatic amines is 1. The molecule has 1 heterocycles. The van der Waals surface area contributed by atoms with Gasteiger partial charge in [0.25, 0.3) is 0 Å². The summed E-state index contributed by atoms with van der Waals surface area (Å²) in [4.78, 5) is 19.2. The molecule has 0 bridgehead atoms. The van der Waals surface area contributed by atoms with Gasteiger partial charge in [-0.2, -0.15) is 0 Å². The lowest BCUT2D eigenvalue weighted by Crippen LogP contribution is -2.39. The Hall–Kier alpha value is -2.57. The Morgan fingerprint density at radius 2 is 2.08 bits per heavy atom. The van der Waals surface area contributed by atoms with Crippen LogP contribution in [0.2, 0.25) is 0 Å². The first-order chi connectivity index (χ1) is 12.3. The van der Waals surface area contributed by atoms with Crippen molar-refractivity contribution in [3.8, 4) is 0 Å². The van der Waals surface area contributed by atoms with Gasteiger partial charge in [-0.3, -0.25) is 4.79 Å². The molecular formula is C19H27FN4O2. The second kappa shape index (κ2) is 8.69. The zero-order valence-electron chi connectivity index (χ0n) is 15.8. The maximum Gasteiger partial charge on any atom is 0.328 e. The predicted octanol–water partition coefficient (Wildman–Crippen LogP) is 2.75. The number of nitrogens with one attached hydrogen (secondary N) is 3. The van der Waals surface area contributed by atoms with E-state index in [1.165, 1.54) is 12.1 Å². The summed E-state index contributed by atoms with van der Waals surface area (Å²) in [6.07, 6.45) is 2.58. The summed E-state index contributed by atoms with van der Waals surface area (Å²) in [5.41, 5.74) is 1.41. The van der Waals surface area contributed by atoms with Crippen LogP contribution in [0.15, 0.2) is 29.4 Å². The fraction of sp³-hybridized carbons (Fsp3) is 0.474. The third-order valence-electron chi connectivity index (χ3n) is 3.55. The molecule has 0 saturated heterocycles. The molecule has 2 rings (SSSR count). The van der Waals surface area contributed by atoms with Gasteiger partial charge in [0.15, 0.2) is 5.96 Å². The lowest BCUT2D eigenvalue weighted by molar-refractivity contribution is -0.152. The van der Waals surface area contributed by atoms with Crippen LogP contribution in [0.25, 0.3) is 10.9 Å². The number of halogens is 1. The number of carbonyl (C=O) groups excluding carboxylic acids is 1. The largest absolute Gasteiger partial charge is 0.459 e. The van der Waals surface area contributed by atoms with Gasteiger partial charge in [-0.1, -0.05) is 0 Å². The number of H-pyrrole nitrogens is 1. The number of nitrogens with zero attached hydrogens (tertiary/aromatic N) is 1. The third-order valence-corrected chi connectivity index (χ3v) is 3.55. The van der Waals surface area contributed by atoms with Crippen molar-refractivity contribution in [3.63, 3.8) is 0 Å². The van der Waals surface area contributed by atoms with E-state index in [-0.39, 0.29) is 18.3 Å². The normalized spacial score (nSPS) is 12.3. The number of fused-ring (bicyclic) bond motifs is 1. The molecule has 0 spiro atoms. The highest BCUT2D eigenvalue weighted by molar-refractivity contribution is 5.84. The van der Waals surface area contributed by atoms with Crippen molar-refractivity contribution in [2.24, 2.45) is 4.99 Å². The lowest BCUT2D eigenvalue weighted by Gasteiger charge is -2.19. The number of rotatable bonds is 6. The molecule has 26 heavy (non-hydrogen) atoms. The van der Waals surface area contributed by atoms with Crippen LogP contribution in [-0.4, -0.2) is 42.1 Å². The van der Waals surface area contributed by atoms with Crippen LogP contribution >= 0.6 is 0 Å². The fourth-order valence-corrected chi connectivity index (χ4v) is 2.53. The Kier molecular flexibility index (Phi) is 6.60. The number of aromatic nitrogens is 1. The van der Waals surface area contributed by atoms with E-state index in [4.69, 9.17) is 4.74 Å². The SMILES string of the molecule is CCNC(=NCC(=O)OC(C)(C)C)NCCc1c[nH]c2ccc(F)cc12. The summed E-state index contributed by atoms with van der Waals surface area (Å²) < 4.78 is 18.7. The smallest absolute Gasteiger partial charge is 0.328 e. The molecule has 1 aromatic heterocycles. The number of carbonyl (C=O) groups is 1. The summed E-state index contributed by atoms with van der Waals surface area (Å²) in [6, 6.07) is 4.70. The van der Waals surface area contributed by atoms with Gasteiger partial charge in [0.2, 0.25) is 0 Å². The highest BCUT2D eigenvalue weighted by atomic mass is 19.1. The van der Waals surface area contributed by atoms with E-state index >= 15 is 0 Å². The molecule has 6 nitrogen and oxygen atoms in total. The minimum absolute atomic E-state index is 0.0507. The molecule has 3 N–H and O–H groups in total. The van der Waals surface area contributed by atoms with Gasteiger partial charge >= 0.3 is 5.97 Å². The van der Waals surface area contributed by atoms with E-state index in [0.717, 1.165) is 16.5 Å². The van der Waals surface area contributed by atoms with Crippen molar-refractivity contribution in [3.05, 3.63) is 35.8 Å². The number of hydrogen-bond acceptors (Lipinski definition) is 3. The lowest BCUT2D eigenvalue weighted by atomic mass is 10.1. The summed E-state index contributed by atoms with van der Waals surface area (Å²) >= 11 is 0. The molecular weight excluding hydrogens is 335 g/mol. The van der Waals surface area contributed by atoms with E-state index in [1.54, 1.807) is 6.07 Å². The Bertz CT molecular complexity index is 777. The molecule has 0 aliphatic heterocycles. The third kappa shape index (κ3) is 6.06. The van der Waals surface area contributed by atoms with E-state index in [2.05, 4.69) is 20.6 Å². The molecule has 0 radical (unpaired) electrons. The average Bonchev–Trinajstić information content (AvgIpc) is 2.93. The standard InChI is InChI=1S/C19H27FN4O2/c1-5-21-18(24-12-17(25)26-19(2,3)4)22-9-8-13-11-23-16-7-6-14(20)10-15(13)16/h6-7,10-11,23H,5,8-9,12H2,1-4H3,(H2,21,22,24). The highest BCUT2D eigenvalue weighted by Gasteiger charge is 2.15. The summed E-state index contributed by atoms with van der Waals surface area (Å²) in [7, 11) is 0. The predicted molar refractivity (Wildman–Crippen MR) is 102 cm³/mol. The minimum Gasteiger partial charge on any atom is -0.459 e. The topological polar surface area (TPSA) is 78.5 Å². The van der Waals surface area contributed by atoms with Crippen LogP contribution in [0, 0.1) is 5.82 Å². The van der Waals surface area contributed by atoms with Crippen molar-refractivity contribution >= 4 is 22.8 Å². The molecule has 0 saturated carbocycles. The van der Waals surface area contributed by atoms with E-state index < -0.39 is 5.60 Å². The quantitative estimate of drug-likeness (QED) is 0.419. The second-order valence-electron chi connectivity index (χ2n) is 6.96. The van der Waals surface area contributed by atoms with Crippen molar-refractivity contribution in [1.29, 1.82) is 0 Å². The van der Waals surface area contributed by atoms with Gasteiger partial charge in [0, 0.05) is 30.2 Å². The Morgan fingerprint density at radius 3 is 2.77 bits per heavy atom. The molecule has 0 fully saturated rings. The molecule has 0 aliphatic carbocycles. The van der Waals surface area contributed by atoms with E-state index in [0.29, 0.717) is 25.5 Å². The number of ether oxygens (including phenoxy) is 1. The number of benzene rings is 1. The van der Waals surface area contributed by atoms with Gasteiger partial charge in [-0.05, 0) is 57.9 Å². The Balaban J connectivity index is 1.92. The maximum atomic E-state index is 13.4. The number of guanidine groups is 1. The van der Waals surface area contributed by atoms with E-state index in [9.17, 15) is 9.18 Å². The molecule has 0 amide bonds. The Morgan fingerprint density at radius 1 is 1.31 bits per heavy atom. The van der Waals surface area contributed by atoms with Crippen molar-refractivity contribution in [2.45, 2.75) is 39.7 Å². The average molecular weight is 362 g/mol. The van der Waals surface area contributed by atoms with Gasteiger partial charge in [0.05, 0.1) is 0 Å². The van der Waals surface area contributed by atoms with Crippen LogP contribution in [0.5, 0.6) is 0 Å². The summed E-state index contributed by atoms with van der Waals surface area (Å²) in [6.45, 7) is 8.65. The van der Waals surface area contributed by atoms with Gasteiger partial charge < -0.3 is 20.4 Å². The molecule has 7 heteroatoms. The monoisotopic (exact) mass is 362 g/mol. The van der Waals surface area contributed by atoms with Crippen molar-refractivity contribution in [1.82, 2.24) is 15.6 Å². The molecule has 142 valence electrons. The molecule has 0 atom stereocenters. The zero-order chi connectivity index (χ0) is 19.2. The summed E-state index contributed by atoms with van der Waals surface area (Å²) in [5, 5.41) is 7.15. The minimum atomic E-state index is -0.525. The van der Waals surface area contributed by atoms with Gasteiger partial charge in [-0.15, -0.1) is 0 Å². The maximum absolute atomic E-state index is 13.4. The number of esters is 1. The first-order valence-corrected chi connectivity index (χ1v) is 8.78. The van der Waals surface area contributed by atoms with Crippen molar-refractivity contribution in [2.75, 3.05) is 19.6 Å². The highest BCUT2D eigenvalue weighted by Crippen LogP contribution is 2.19. The van der Waals surface area contributed by atoms with Crippen LogP contribution < -0.4 is 10.6 Å². The van der Waals surface area contributed by atoms with Crippen LogP contribution in [-0.2, 0) is 16.0 Å². The zero-order valence-corrected chi connectivity index (χ0v) is 15.8. The van der Waals surface area contributed by atoms with E-state index in [1.807, 2.05) is 33.9 Å². The van der Waals surface area contributed by atoms with Gasteiger partial charge in [-0.25, -0.2) is 9.38 Å². The number of aliphatic imine (C=N–C) groups is 1. The van der Waals surface area contributed by atoms with Crippen molar-refractivity contribution < 1.29 is 13.9 Å². The fourth-order valence-electron chi connectivity index (χ4n) is 2.53. The molecule has 1 aromatic carbocycles. The first-order valence-electron chi connectivity index (χ1n) is 8.78. The Labute approximate surface area is 153 Å². The van der Waals surface area contributed by atoms with Crippen LogP contribution in [0.3, 0.4) is 0 Å². The van der Waals surface area contributed by atoms with Gasteiger partial charge in [0.1, 0.15) is 18.0 Å². The van der Waals surface area contributed by atoms with Crippen LogP contribution in [0.4, 0.5) is 4.39 Å². The number of hydrogen-bond donors (Lipinski definition) is 3.